The van der Waals surface area contributed by atoms with E-state index in [9.17, 15) is 10.1 Å². The van der Waals surface area contributed by atoms with E-state index < -0.39 is 0 Å². The third-order valence-corrected chi connectivity index (χ3v) is 4.23. The minimum atomic E-state index is -0.386. The zero-order chi connectivity index (χ0) is 15.7. The highest BCUT2D eigenvalue weighted by atomic mass is 32.1. The molecular formula is C13H19N5O2S. The summed E-state index contributed by atoms with van der Waals surface area (Å²) in [6.07, 6.45) is 0. The average molecular weight is 309 g/mol. The Bertz CT molecular complexity index is 662. The van der Waals surface area contributed by atoms with E-state index in [1.54, 1.807) is 11.6 Å². The molecule has 7 nitrogen and oxygen atoms in total. The first kappa shape index (κ1) is 15.4. The van der Waals surface area contributed by atoms with Crippen LogP contribution >= 0.6 is 11.3 Å². The number of aromatic nitrogens is 3. The van der Waals surface area contributed by atoms with Gasteiger partial charge in [-0.2, -0.15) is 5.10 Å². The Labute approximate surface area is 127 Å². The first-order valence-corrected chi connectivity index (χ1v) is 7.61. The van der Waals surface area contributed by atoms with E-state index in [4.69, 9.17) is 0 Å². The lowest BCUT2D eigenvalue weighted by Crippen LogP contribution is -2.14. The van der Waals surface area contributed by atoms with Crippen molar-refractivity contribution in [2.75, 3.05) is 5.32 Å². The number of nitro groups is 1. The molecule has 0 bridgehead atoms. The molecule has 1 unspecified atom stereocenters. The Morgan fingerprint density at radius 2 is 2.05 bits per heavy atom. The minimum absolute atomic E-state index is 0.0313. The van der Waals surface area contributed by atoms with Crippen LogP contribution in [0, 0.1) is 24.0 Å². The molecule has 2 aromatic rings. The number of hydrogen-bond donors (Lipinski definition) is 1. The van der Waals surface area contributed by atoms with Crippen molar-refractivity contribution < 1.29 is 4.92 Å². The summed E-state index contributed by atoms with van der Waals surface area (Å²) in [4.78, 5) is 15.3. The van der Waals surface area contributed by atoms with Gasteiger partial charge in [0, 0.05) is 17.1 Å². The highest BCUT2D eigenvalue weighted by Crippen LogP contribution is 2.33. The molecule has 0 radical (unpaired) electrons. The number of aryl methyl sites for hydroxylation is 2. The van der Waals surface area contributed by atoms with Gasteiger partial charge in [-0.25, -0.2) is 9.67 Å². The molecule has 0 aromatic carbocycles. The molecule has 8 heteroatoms. The van der Waals surface area contributed by atoms with Crippen LogP contribution in [0.3, 0.4) is 0 Å². The second-order valence-corrected chi connectivity index (χ2v) is 6.16. The molecule has 0 saturated carbocycles. The Hall–Kier alpha value is -1.96. The van der Waals surface area contributed by atoms with Crippen LogP contribution in [-0.2, 0) is 0 Å². The summed E-state index contributed by atoms with van der Waals surface area (Å²) < 4.78 is 1.66. The van der Waals surface area contributed by atoms with Gasteiger partial charge in [0.2, 0.25) is 5.82 Å². The topological polar surface area (TPSA) is 85.9 Å². The first-order valence-electron chi connectivity index (χ1n) is 6.73. The Balaban J connectivity index is 2.40. The van der Waals surface area contributed by atoms with Gasteiger partial charge in [0.25, 0.3) is 0 Å². The molecule has 2 aromatic heterocycles. The lowest BCUT2D eigenvalue weighted by Gasteiger charge is -2.15. The molecule has 0 fully saturated rings. The van der Waals surface area contributed by atoms with E-state index >= 15 is 0 Å². The van der Waals surface area contributed by atoms with E-state index in [1.807, 2.05) is 33.1 Å². The molecule has 0 aliphatic rings. The van der Waals surface area contributed by atoms with Crippen LogP contribution in [0.4, 0.5) is 11.5 Å². The summed E-state index contributed by atoms with van der Waals surface area (Å²) in [6, 6.07) is -0.0823. The second kappa shape index (κ2) is 5.80. The van der Waals surface area contributed by atoms with Crippen LogP contribution in [0.2, 0.25) is 0 Å². The van der Waals surface area contributed by atoms with Gasteiger partial charge in [0.05, 0.1) is 11.0 Å². The quantitative estimate of drug-likeness (QED) is 0.673. The molecular weight excluding hydrogens is 290 g/mol. The largest absolute Gasteiger partial charge is 0.356 e. The second-order valence-electron chi connectivity index (χ2n) is 5.27. The van der Waals surface area contributed by atoms with E-state index in [0.717, 1.165) is 10.7 Å². The van der Waals surface area contributed by atoms with Gasteiger partial charge < -0.3 is 5.32 Å². The molecule has 1 atom stereocenters. The van der Waals surface area contributed by atoms with Gasteiger partial charge in [0.15, 0.2) is 0 Å². The van der Waals surface area contributed by atoms with Gasteiger partial charge in [-0.05, 0) is 34.6 Å². The van der Waals surface area contributed by atoms with Crippen LogP contribution < -0.4 is 5.32 Å². The smallest absolute Gasteiger partial charge is 0.333 e. The van der Waals surface area contributed by atoms with Crippen molar-refractivity contribution in [1.82, 2.24) is 14.8 Å². The Kier molecular flexibility index (Phi) is 4.26. The summed E-state index contributed by atoms with van der Waals surface area (Å²) in [6.45, 7) is 9.41. The molecule has 1 N–H and O–H groups in total. The average Bonchev–Trinajstić information content (AvgIpc) is 2.93. The predicted octanol–water partition coefficient (Wildman–Crippen LogP) is 3.62. The van der Waals surface area contributed by atoms with Crippen molar-refractivity contribution in [3.8, 4) is 0 Å². The van der Waals surface area contributed by atoms with Crippen molar-refractivity contribution in [2.24, 2.45) is 0 Å². The van der Waals surface area contributed by atoms with Gasteiger partial charge in [-0.15, -0.1) is 11.3 Å². The fourth-order valence-corrected chi connectivity index (χ4v) is 2.91. The van der Waals surface area contributed by atoms with Crippen LogP contribution in [0.15, 0.2) is 5.38 Å². The first-order chi connectivity index (χ1) is 9.81. The number of hydrogen-bond acceptors (Lipinski definition) is 6. The van der Waals surface area contributed by atoms with Crippen molar-refractivity contribution in [3.05, 3.63) is 31.9 Å². The molecule has 0 aliphatic heterocycles. The van der Waals surface area contributed by atoms with E-state index in [-0.39, 0.29) is 22.7 Å². The monoisotopic (exact) mass is 309 g/mol. The number of rotatable bonds is 5. The van der Waals surface area contributed by atoms with E-state index in [0.29, 0.717) is 11.5 Å². The van der Waals surface area contributed by atoms with Gasteiger partial charge >= 0.3 is 5.69 Å². The maximum absolute atomic E-state index is 11.3. The lowest BCUT2D eigenvalue weighted by atomic mass is 10.3. The SMILES string of the molecule is Cc1csc(C(C)Nc2c([N+](=O)[O-])c(C)nn2C(C)C)n1. The van der Waals surface area contributed by atoms with Crippen LogP contribution in [0.1, 0.15) is 49.3 Å². The van der Waals surface area contributed by atoms with Crippen molar-refractivity contribution in [3.63, 3.8) is 0 Å². The van der Waals surface area contributed by atoms with Crippen LogP contribution in [0.25, 0.3) is 0 Å². The minimum Gasteiger partial charge on any atom is -0.356 e. The van der Waals surface area contributed by atoms with Crippen molar-refractivity contribution >= 4 is 22.8 Å². The molecule has 0 aliphatic carbocycles. The fraction of sp³-hybridized carbons (Fsp3) is 0.538. The molecule has 0 spiro atoms. The lowest BCUT2D eigenvalue weighted by molar-refractivity contribution is -0.384. The Morgan fingerprint density at radius 3 is 2.52 bits per heavy atom. The zero-order valence-electron chi connectivity index (χ0n) is 12.7. The summed E-state index contributed by atoms with van der Waals surface area (Å²) in [5.74, 6) is 0.438. The Morgan fingerprint density at radius 1 is 1.38 bits per heavy atom. The predicted molar refractivity (Wildman–Crippen MR) is 82.9 cm³/mol. The number of nitrogens with zero attached hydrogens (tertiary/aromatic N) is 4. The summed E-state index contributed by atoms with van der Waals surface area (Å²) in [5.41, 5.74) is 1.40. The molecule has 21 heavy (non-hydrogen) atoms. The van der Waals surface area contributed by atoms with Gasteiger partial charge in [-0.1, -0.05) is 0 Å². The molecule has 2 rings (SSSR count). The van der Waals surface area contributed by atoms with Gasteiger partial charge in [-0.3, -0.25) is 10.1 Å². The highest BCUT2D eigenvalue weighted by molar-refractivity contribution is 7.09. The number of anilines is 1. The third kappa shape index (κ3) is 3.05. The van der Waals surface area contributed by atoms with E-state index in [1.165, 1.54) is 11.3 Å². The standard InChI is InChI=1S/C13H19N5O2S/c1-7(2)17-12(11(18(19)20)9(4)16-17)15-10(5)13-14-8(3)6-21-13/h6-7,10,15H,1-5H3. The maximum atomic E-state index is 11.3. The molecule has 2 heterocycles. The summed E-state index contributed by atoms with van der Waals surface area (Å²) >= 11 is 1.54. The maximum Gasteiger partial charge on any atom is 0.333 e. The van der Waals surface area contributed by atoms with E-state index in [2.05, 4.69) is 15.4 Å². The zero-order valence-corrected chi connectivity index (χ0v) is 13.6. The molecule has 114 valence electrons. The van der Waals surface area contributed by atoms with Crippen molar-refractivity contribution in [2.45, 2.75) is 46.7 Å². The number of thiazole rings is 1. The normalized spacial score (nSPS) is 12.7. The van der Waals surface area contributed by atoms with Crippen molar-refractivity contribution in [1.29, 1.82) is 0 Å². The molecule has 0 saturated heterocycles. The summed E-state index contributed by atoms with van der Waals surface area (Å²) in [7, 11) is 0. The third-order valence-electron chi connectivity index (χ3n) is 3.09. The fourth-order valence-electron chi connectivity index (χ4n) is 2.10. The summed E-state index contributed by atoms with van der Waals surface area (Å²) in [5, 5.41) is 21.6. The van der Waals surface area contributed by atoms with Crippen LogP contribution in [0.5, 0.6) is 0 Å². The highest BCUT2D eigenvalue weighted by Gasteiger charge is 2.28. The number of nitrogens with one attached hydrogen (secondary N) is 1. The van der Waals surface area contributed by atoms with Crippen LogP contribution in [-0.4, -0.2) is 19.7 Å². The molecule has 0 amide bonds. The van der Waals surface area contributed by atoms with Gasteiger partial charge in [0.1, 0.15) is 10.7 Å².